The van der Waals surface area contributed by atoms with E-state index in [2.05, 4.69) is 33.9 Å². The minimum Gasteiger partial charge on any atom is -0.496 e. The average Bonchev–Trinajstić information content (AvgIpc) is 3.64. The van der Waals surface area contributed by atoms with Crippen molar-refractivity contribution in [3.63, 3.8) is 0 Å². The van der Waals surface area contributed by atoms with Gasteiger partial charge >= 0.3 is 5.97 Å². The number of aromatic nitrogens is 2. The Hall–Kier alpha value is -3.08. The standard InChI is InChI=1S/C33H48N2O7Si/c1-21-28(38-6)17-22(18-29(21)39-7)31(42-43(9,10)33(2,3)4)30(41-24-13-11-12-14-24)20-23-19-26-27(37-5)16-15-25(32(36)40-8)35(26)34-23/h15-19,24,30-31H,11-14,20H2,1-10H3/t30-,31+/m0/s1. The zero-order valence-electron chi connectivity index (χ0n) is 27.4. The van der Waals surface area contributed by atoms with Crippen molar-refractivity contribution in [1.82, 2.24) is 9.61 Å². The summed E-state index contributed by atoms with van der Waals surface area (Å²) in [6.45, 7) is 13.2. The topological polar surface area (TPSA) is 89.8 Å². The maximum atomic E-state index is 12.6. The zero-order valence-corrected chi connectivity index (χ0v) is 28.4. The molecule has 4 rings (SSSR count). The number of ether oxygens (including phenoxy) is 5. The second-order valence-corrected chi connectivity index (χ2v) is 17.6. The third kappa shape index (κ3) is 7.02. The summed E-state index contributed by atoms with van der Waals surface area (Å²) in [7, 11) is 4.01. The summed E-state index contributed by atoms with van der Waals surface area (Å²) in [5, 5.41) is 4.84. The number of fused-ring (bicyclic) bond motifs is 1. The molecule has 43 heavy (non-hydrogen) atoms. The Bertz CT molecular complexity index is 1400. The van der Waals surface area contributed by atoms with Crippen LogP contribution in [0.1, 0.15) is 79.9 Å². The molecule has 1 aliphatic carbocycles. The smallest absolute Gasteiger partial charge is 0.356 e. The largest absolute Gasteiger partial charge is 0.496 e. The molecule has 1 aromatic carbocycles. The van der Waals surface area contributed by atoms with Gasteiger partial charge in [-0.1, -0.05) is 33.6 Å². The lowest BCUT2D eigenvalue weighted by molar-refractivity contribution is -0.0709. The van der Waals surface area contributed by atoms with Gasteiger partial charge in [0.1, 0.15) is 22.8 Å². The van der Waals surface area contributed by atoms with E-state index in [1.807, 2.05) is 25.1 Å². The zero-order chi connectivity index (χ0) is 31.5. The van der Waals surface area contributed by atoms with Crippen LogP contribution in [0.5, 0.6) is 17.2 Å². The highest BCUT2D eigenvalue weighted by molar-refractivity contribution is 6.74. The summed E-state index contributed by atoms with van der Waals surface area (Å²) >= 11 is 0. The lowest BCUT2D eigenvalue weighted by atomic mass is 9.98. The van der Waals surface area contributed by atoms with E-state index in [0.717, 1.165) is 54.0 Å². The van der Waals surface area contributed by atoms with Crippen LogP contribution in [0, 0.1) is 6.92 Å². The number of hydrogen-bond donors (Lipinski definition) is 0. The number of methoxy groups -OCH3 is 4. The van der Waals surface area contributed by atoms with Gasteiger partial charge in [-0.25, -0.2) is 9.31 Å². The fourth-order valence-electron chi connectivity index (χ4n) is 5.46. The Labute approximate surface area is 256 Å². The van der Waals surface area contributed by atoms with Gasteiger partial charge in [0.25, 0.3) is 0 Å². The van der Waals surface area contributed by atoms with Gasteiger partial charge in [0.05, 0.1) is 52.4 Å². The first-order chi connectivity index (χ1) is 20.3. The Balaban J connectivity index is 1.87. The molecule has 2 atom stereocenters. The van der Waals surface area contributed by atoms with E-state index in [1.165, 1.54) is 7.11 Å². The molecule has 2 aromatic heterocycles. The molecular weight excluding hydrogens is 564 g/mol. The molecular formula is C33H48N2O7Si. The van der Waals surface area contributed by atoms with E-state index in [0.29, 0.717) is 23.4 Å². The Morgan fingerprint density at radius 1 is 0.977 bits per heavy atom. The Kier molecular flexibility index (Phi) is 10.1. The Morgan fingerprint density at radius 2 is 1.58 bits per heavy atom. The van der Waals surface area contributed by atoms with E-state index in [4.69, 9.17) is 33.2 Å². The molecule has 0 radical (unpaired) electrons. The van der Waals surface area contributed by atoms with Gasteiger partial charge in [-0.15, -0.1) is 0 Å². The van der Waals surface area contributed by atoms with Crippen molar-refractivity contribution in [3.05, 3.63) is 52.8 Å². The molecule has 10 heteroatoms. The number of benzene rings is 1. The summed E-state index contributed by atoms with van der Waals surface area (Å²) in [4.78, 5) is 12.6. The van der Waals surface area contributed by atoms with Gasteiger partial charge < -0.3 is 28.1 Å². The summed E-state index contributed by atoms with van der Waals surface area (Å²) in [6, 6.07) is 9.46. The third-order valence-corrected chi connectivity index (χ3v) is 13.5. The van der Waals surface area contributed by atoms with E-state index < -0.39 is 20.4 Å². The molecule has 9 nitrogen and oxygen atoms in total. The van der Waals surface area contributed by atoms with Crippen LogP contribution in [0.3, 0.4) is 0 Å². The van der Waals surface area contributed by atoms with Crippen LogP contribution in [-0.2, 0) is 20.3 Å². The molecule has 0 aliphatic heterocycles. The van der Waals surface area contributed by atoms with E-state index in [1.54, 1.807) is 38.0 Å². The maximum Gasteiger partial charge on any atom is 0.356 e. The molecule has 236 valence electrons. The van der Waals surface area contributed by atoms with Crippen LogP contribution in [0.15, 0.2) is 30.3 Å². The van der Waals surface area contributed by atoms with Gasteiger partial charge in [-0.3, -0.25) is 0 Å². The quantitative estimate of drug-likeness (QED) is 0.158. The second-order valence-electron chi connectivity index (χ2n) is 12.8. The first kappa shape index (κ1) is 32.8. The minimum absolute atomic E-state index is 0.0338. The number of carbonyl (C=O) groups is 1. The molecule has 0 unspecified atom stereocenters. The van der Waals surface area contributed by atoms with Crippen molar-refractivity contribution in [2.24, 2.45) is 0 Å². The monoisotopic (exact) mass is 612 g/mol. The van der Waals surface area contributed by atoms with Crippen molar-refractivity contribution >= 4 is 19.8 Å². The van der Waals surface area contributed by atoms with Crippen LogP contribution >= 0.6 is 0 Å². The summed E-state index contributed by atoms with van der Waals surface area (Å²) < 4.78 is 38.0. The highest BCUT2D eigenvalue weighted by Crippen LogP contribution is 2.44. The number of nitrogens with zero attached hydrogens (tertiary/aromatic N) is 2. The first-order valence-electron chi connectivity index (χ1n) is 15.0. The van der Waals surface area contributed by atoms with Crippen molar-refractivity contribution in [3.8, 4) is 17.2 Å². The van der Waals surface area contributed by atoms with Gasteiger partial charge in [0.15, 0.2) is 14.0 Å². The lowest BCUT2D eigenvalue weighted by Crippen LogP contribution is -2.45. The lowest BCUT2D eigenvalue weighted by Gasteiger charge is -2.42. The van der Waals surface area contributed by atoms with Gasteiger partial charge in [0.2, 0.25) is 0 Å². The van der Waals surface area contributed by atoms with Gasteiger partial charge in [0, 0.05) is 12.0 Å². The highest BCUT2D eigenvalue weighted by atomic mass is 28.4. The highest BCUT2D eigenvalue weighted by Gasteiger charge is 2.42. The van der Waals surface area contributed by atoms with Crippen LogP contribution in [0.25, 0.3) is 5.52 Å². The summed E-state index contributed by atoms with van der Waals surface area (Å²) in [5.74, 6) is 1.61. The average molecular weight is 613 g/mol. The molecule has 2 heterocycles. The molecule has 0 amide bonds. The molecule has 0 saturated heterocycles. The van der Waals surface area contributed by atoms with Crippen molar-refractivity contribution in [2.45, 2.75) is 96.2 Å². The fourth-order valence-corrected chi connectivity index (χ4v) is 6.74. The molecule has 3 aromatic rings. The van der Waals surface area contributed by atoms with Crippen LogP contribution in [0.4, 0.5) is 0 Å². The van der Waals surface area contributed by atoms with Crippen molar-refractivity contribution < 1.29 is 32.9 Å². The molecule has 0 N–H and O–H groups in total. The third-order valence-electron chi connectivity index (χ3n) is 9.00. The van der Waals surface area contributed by atoms with E-state index in [9.17, 15) is 4.79 Å². The maximum absolute atomic E-state index is 12.6. The second kappa shape index (κ2) is 13.3. The van der Waals surface area contributed by atoms with E-state index in [-0.39, 0.29) is 17.2 Å². The van der Waals surface area contributed by atoms with Crippen LogP contribution < -0.4 is 14.2 Å². The molecule has 1 fully saturated rings. The predicted octanol–water partition coefficient (Wildman–Crippen LogP) is 7.09. The van der Waals surface area contributed by atoms with E-state index >= 15 is 0 Å². The normalized spacial score (nSPS) is 15.9. The number of carbonyl (C=O) groups excluding carboxylic acids is 1. The molecule has 0 spiro atoms. The summed E-state index contributed by atoms with van der Waals surface area (Å²) in [6.07, 6.45) is 4.10. The number of rotatable bonds is 12. The Morgan fingerprint density at radius 3 is 2.12 bits per heavy atom. The number of pyridine rings is 1. The summed E-state index contributed by atoms with van der Waals surface area (Å²) in [5.41, 5.74) is 3.62. The van der Waals surface area contributed by atoms with Crippen molar-refractivity contribution in [2.75, 3.05) is 28.4 Å². The minimum atomic E-state index is -2.30. The molecule has 0 bridgehead atoms. The number of hydrogen-bond acceptors (Lipinski definition) is 8. The van der Waals surface area contributed by atoms with Crippen LogP contribution in [-0.4, -0.2) is 64.5 Å². The fraction of sp³-hybridized carbons (Fsp3) is 0.576. The van der Waals surface area contributed by atoms with Crippen LogP contribution in [0.2, 0.25) is 18.1 Å². The predicted molar refractivity (Wildman–Crippen MR) is 169 cm³/mol. The molecule has 1 saturated carbocycles. The number of esters is 1. The van der Waals surface area contributed by atoms with Gasteiger partial charge in [-0.05, 0) is 73.8 Å². The molecule has 1 aliphatic rings. The SMILES string of the molecule is COC(=O)c1ccc(OC)c2cc(C[C@H](OC3CCCC3)[C@H](O[Si](C)(C)C(C)(C)C)c3cc(OC)c(C)c(OC)c3)nn12. The van der Waals surface area contributed by atoms with Gasteiger partial charge in [-0.2, -0.15) is 5.10 Å². The first-order valence-corrected chi connectivity index (χ1v) is 17.9. The van der Waals surface area contributed by atoms with Crippen molar-refractivity contribution in [1.29, 1.82) is 0 Å².